The Morgan fingerprint density at radius 3 is 2.27 bits per heavy atom. The minimum absolute atomic E-state index is 0.131. The standard InChI is InChI=1S/C25H20F2N4O2/c26-19-12-10-17(11-13-19)24-18(16-31(30-24)20-6-2-1-3-7-20)14-28-23(32)15-29-25(33)21-8-4-5-9-22(21)27/h1-13,16H,14-15H2,(H,28,32)(H,29,33). The molecule has 33 heavy (non-hydrogen) atoms. The number of carbonyl (C=O) groups is 2. The van der Waals surface area contributed by atoms with E-state index >= 15 is 0 Å². The van der Waals surface area contributed by atoms with Gasteiger partial charge in [0, 0.05) is 23.9 Å². The van der Waals surface area contributed by atoms with Crippen LogP contribution in [0.2, 0.25) is 0 Å². The lowest BCUT2D eigenvalue weighted by Gasteiger charge is -2.08. The Morgan fingerprint density at radius 2 is 1.55 bits per heavy atom. The summed E-state index contributed by atoms with van der Waals surface area (Å²) >= 11 is 0. The van der Waals surface area contributed by atoms with Gasteiger partial charge in [0.2, 0.25) is 5.91 Å². The first-order valence-electron chi connectivity index (χ1n) is 10.2. The van der Waals surface area contributed by atoms with Gasteiger partial charge in [0.1, 0.15) is 11.6 Å². The van der Waals surface area contributed by atoms with Crippen LogP contribution in [0.15, 0.2) is 85.1 Å². The quantitative estimate of drug-likeness (QED) is 0.453. The van der Waals surface area contributed by atoms with E-state index in [-0.39, 0.29) is 24.5 Å². The van der Waals surface area contributed by atoms with Crippen molar-refractivity contribution in [3.05, 3.63) is 108 Å². The second-order valence-corrected chi connectivity index (χ2v) is 7.23. The van der Waals surface area contributed by atoms with Crippen molar-refractivity contribution in [2.75, 3.05) is 6.54 Å². The van der Waals surface area contributed by atoms with Gasteiger partial charge in [-0.1, -0.05) is 30.3 Å². The third-order valence-electron chi connectivity index (χ3n) is 4.93. The predicted octanol–water partition coefficient (Wildman–Crippen LogP) is 3.86. The maximum Gasteiger partial charge on any atom is 0.254 e. The summed E-state index contributed by atoms with van der Waals surface area (Å²) in [7, 11) is 0. The Morgan fingerprint density at radius 1 is 0.848 bits per heavy atom. The second-order valence-electron chi connectivity index (χ2n) is 7.23. The van der Waals surface area contributed by atoms with Gasteiger partial charge in [0.15, 0.2) is 0 Å². The van der Waals surface area contributed by atoms with E-state index < -0.39 is 17.6 Å². The van der Waals surface area contributed by atoms with E-state index in [4.69, 9.17) is 0 Å². The molecule has 0 bridgehead atoms. The number of carbonyl (C=O) groups excluding carboxylic acids is 2. The first kappa shape index (κ1) is 21.9. The zero-order chi connectivity index (χ0) is 23.2. The van der Waals surface area contributed by atoms with Crippen molar-refractivity contribution in [1.29, 1.82) is 0 Å². The van der Waals surface area contributed by atoms with Crippen molar-refractivity contribution < 1.29 is 18.4 Å². The van der Waals surface area contributed by atoms with Gasteiger partial charge in [-0.05, 0) is 48.5 Å². The number of aromatic nitrogens is 2. The highest BCUT2D eigenvalue weighted by atomic mass is 19.1. The van der Waals surface area contributed by atoms with Crippen molar-refractivity contribution in [3.8, 4) is 16.9 Å². The Labute approximate surface area is 188 Å². The first-order valence-corrected chi connectivity index (χ1v) is 10.2. The highest BCUT2D eigenvalue weighted by Gasteiger charge is 2.15. The molecule has 3 aromatic carbocycles. The SMILES string of the molecule is O=C(CNC(=O)c1ccccc1F)NCc1cn(-c2ccccc2)nc1-c1ccc(F)cc1. The van der Waals surface area contributed by atoms with Crippen LogP contribution in [0.25, 0.3) is 16.9 Å². The topological polar surface area (TPSA) is 76.0 Å². The normalized spacial score (nSPS) is 10.6. The fraction of sp³-hybridized carbons (Fsp3) is 0.0800. The number of nitrogens with zero attached hydrogens (tertiary/aromatic N) is 2. The molecule has 0 aliphatic rings. The van der Waals surface area contributed by atoms with Gasteiger partial charge in [-0.3, -0.25) is 9.59 Å². The van der Waals surface area contributed by atoms with Crippen molar-refractivity contribution in [1.82, 2.24) is 20.4 Å². The minimum Gasteiger partial charge on any atom is -0.350 e. The molecule has 4 aromatic rings. The summed E-state index contributed by atoms with van der Waals surface area (Å²) in [5.74, 6) is -2.14. The fourth-order valence-corrected chi connectivity index (χ4v) is 3.26. The molecule has 0 saturated carbocycles. The Hall–Kier alpha value is -4.33. The number of para-hydroxylation sites is 1. The first-order chi connectivity index (χ1) is 16.0. The van der Waals surface area contributed by atoms with Crippen LogP contribution in [-0.4, -0.2) is 28.1 Å². The number of amides is 2. The third kappa shape index (κ3) is 5.30. The molecule has 1 aromatic heterocycles. The van der Waals surface area contributed by atoms with Crippen LogP contribution in [0.5, 0.6) is 0 Å². The molecule has 0 saturated heterocycles. The summed E-state index contributed by atoms with van der Waals surface area (Å²) in [6, 6.07) is 20.9. The maximum atomic E-state index is 13.7. The van der Waals surface area contributed by atoms with E-state index in [0.717, 1.165) is 5.69 Å². The Bertz CT molecular complexity index is 1270. The number of halogens is 2. The van der Waals surface area contributed by atoms with Gasteiger partial charge in [0.05, 0.1) is 23.5 Å². The van der Waals surface area contributed by atoms with Gasteiger partial charge in [0.25, 0.3) is 5.91 Å². The Kier molecular flexibility index (Phi) is 6.54. The molecule has 0 atom stereocenters. The molecule has 6 nitrogen and oxygen atoms in total. The third-order valence-corrected chi connectivity index (χ3v) is 4.93. The zero-order valence-corrected chi connectivity index (χ0v) is 17.5. The number of rotatable bonds is 7. The van der Waals surface area contributed by atoms with Crippen LogP contribution in [-0.2, 0) is 11.3 Å². The van der Waals surface area contributed by atoms with Gasteiger partial charge in [-0.25, -0.2) is 13.5 Å². The van der Waals surface area contributed by atoms with E-state index in [2.05, 4.69) is 15.7 Å². The number of nitrogens with one attached hydrogen (secondary N) is 2. The van der Waals surface area contributed by atoms with Crippen molar-refractivity contribution in [2.45, 2.75) is 6.54 Å². The minimum atomic E-state index is -0.674. The summed E-state index contributed by atoms with van der Waals surface area (Å²) in [6.07, 6.45) is 1.78. The van der Waals surface area contributed by atoms with Crippen molar-refractivity contribution >= 4 is 11.8 Å². The number of benzene rings is 3. The van der Waals surface area contributed by atoms with Crippen LogP contribution in [0, 0.1) is 11.6 Å². The molecular weight excluding hydrogens is 426 g/mol. The Balaban J connectivity index is 1.47. The summed E-state index contributed by atoms with van der Waals surface area (Å²) in [5, 5.41) is 9.75. The number of hydrogen-bond acceptors (Lipinski definition) is 3. The van der Waals surface area contributed by atoms with Crippen molar-refractivity contribution in [3.63, 3.8) is 0 Å². The lowest BCUT2D eigenvalue weighted by molar-refractivity contribution is -0.120. The number of hydrogen-bond donors (Lipinski definition) is 2. The summed E-state index contributed by atoms with van der Waals surface area (Å²) in [5.41, 5.74) is 2.69. The van der Waals surface area contributed by atoms with Gasteiger partial charge >= 0.3 is 0 Å². The van der Waals surface area contributed by atoms with E-state index in [9.17, 15) is 18.4 Å². The van der Waals surface area contributed by atoms with Crippen LogP contribution < -0.4 is 10.6 Å². The molecule has 8 heteroatoms. The highest BCUT2D eigenvalue weighted by Crippen LogP contribution is 2.24. The van der Waals surface area contributed by atoms with E-state index in [1.807, 2.05) is 30.3 Å². The van der Waals surface area contributed by atoms with Crippen LogP contribution >= 0.6 is 0 Å². The van der Waals surface area contributed by atoms with E-state index in [1.54, 1.807) is 29.1 Å². The lowest BCUT2D eigenvalue weighted by atomic mass is 10.1. The lowest BCUT2D eigenvalue weighted by Crippen LogP contribution is -2.36. The predicted molar refractivity (Wildman–Crippen MR) is 120 cm³/mol. The maximum absolute atomic E-state index is 13.7. The molecule has 4 rings (SSSR count). The van der Waals surface area contributed by atoms with Crippen LogP contribution in [0.1, 0.15) is 15.9 Å². The molecule has 0 radical (unpaired) electrons. The molecule has 0 unspecified atom stereocenters. The van der Waals surface area contributed by atoms with Gasteiger partial charge in [-0.2, -0.15) is 5.10 Å². The molecular formula is C25H20F2N4O2. The molecule has 2 N–H and O–H groups in total. The summed E-state index contributed by atoms with van der Waals surface area (Å²) in [4.78, 5) is 24.4. The van der Waals surface area contributed by atoms with Crippen LogP contribution in [0.3, 0.4) is 0 Å². The monoisotopic (exact) mass is 446 g/mol. The van der Waals surface area contributed by atoms with Gasteiger partial charge < -0.3 is 10.6 Å². The summed E-state index contributed by atoms with van der Waals surface area (Å²) < 4.78 is 28.8. The van der Waals surface area contributed by atoms with E-state index in [0.29, 0.717) is 16.8 Å². The summed E-state index contributed by atoms with van der Waals surface area (Å²) in [6.45, 7) is -0.181. The molecule has 0 aliphatic heterocycles. The zero-order valence-electron chi connectivity index (χ0n) is 17.5. The highest BCUT2D eigenvalue weighted by molar-refractivity contribution is 5.96. The molecule has 0 spiro atoms. The average molecular weight is 446 g/mol. The molecule has 1 heterocycles. The van der Waals surface area contributed by atoms with E-state index in [1.165, 1.54) is 30.3 Å². The fourth-order valence-electron chi connectivity index (χ4n) is 3.26. The molecule has 0 aliphatic carbocycles. The average Bonchev–Trinajstić information content (AvgIpc) is 3.27. The molecule has 2 amide bonds. The second kappa shape index (κ2) is 9.86. The van der Waals surface area contributed by atoms with Gasteiger partial charge in [-0.15, -0.1) is 0 Å². The van der Waals surface area contributed by atoms with Crippen LogP contribution in [0.4, 0.5) is 8.78 Å². The largest absolute Gasteiger partial charge is 0.350 e. The molecule has 166 valence electrons. The van der Waals surface area contributed by atoms with Crippen molar-refractivity contribution in [2.24, 2.45) is 0 Å². The molecule has 0 fully saturated rings. The smallest absolute Gasteiger partial charge is 0.254 e.